The molecule has 4 nitrogen and oxygen atoms in total. The van der Waals surface area contributed by atoms with E-state index in [-0.39, 0.29) is 17.8 Å². The van der Waals surface area contributed by atoms with Gasteiger partial charge in [-0.3, -0.25) is 4.79 Å². The highest BCUT2D eigenvalue weighted by atomic mass is 16.6. The van der Waals surface area contributed by atoms with Crippen LogP contribution >= 0.6 is 0 Å². The first-order chi connectivity index (χ1) is 9.08. The summed E-state index contributed by atoms with van der Waals surface area (Å²) in [6.45, 7) is 1.79. The first-order valence-electron chi connectivity index (χ1n) is 7.09. The molecular weight excluding hydrogens is 244 g/mol. The molecule has 1 saturated carbocycles. The first kappa shape index (κ1) is 15.9. The largest absolute Gasteiger partial charge is 0.469 e. The summed E-state index contributed by atoms with van der Waals surface area (Å²) in [7, 11) is 2.77. The first-order valence-corrected chi connectivity index (χ1v) is 7.09. The zero-order valence-electron chi connectivity index (χ0n) is 12.2. The second kappa shape index (κ2) is 8.08. The van der Waals surface area contributed by atoms with Crippen LogP contribution in [0.3, 0.4) is 0 Å². The molecular formula is C15H25O4. The van der Waals surface area contributed by atoms with Crippen LogP contribution < -0.4 is 0 Å². The van der Waals surface area contributed by atoms with Crippen molar-refractivity contribution < 1.29 is 19.4 Å². The predicted octanol–water partition coefficient (Wildman–Crippen LogP) is 3.44. The average molecular weight is 269 g/mol. The van der Waals surface area contributed by atoms with Crippen LogP contribution in [0.25, 0.3) is 0 Å². The van der Waals surface area contributed by atoms with Crippen LogP contribution in [-0.2, 0) is 19.4 Å². The fourth-order valence-electron chi connectivity index (χ4n) is 2.79. The molecule has 109 valence electrons. The quantitative estimate of drug-likeness (QED) is 0.548. The van der Waals surface area contributed by atoms with Crippen LogP contribution in [0.1, 0.15) is 51.9 Å². The zero-order chi connectivity index (χ0) is 14.3. The molecule has 4 heteroatoms. The smallest absolute Gasteiger partial charge is 0.329 e. The summed E-state index contributed by atoms with van der Waals surface area (Å²) in [5, 5.41) is 11.8. The molecule has 1 rings (SSSR count). The zero-order valence-corrected chi connectivity index (χ0v) is 12.2. The average Bonchev–Trinajstić information content (AvgIpc) is 2.45. The molecule has 19 heavy (non-hydrogen) atoms. The molecule has 0 N–H and O–H groups in total. The molecule has 1 aliphatic carbocycles. The van der Waals surface area contributed by atoms with Crippen molar-refractivity contribution in [2.75, 3.05) is 14.2 Å². The summed E-state index contributed by atoms with van der Waals surface area (Å²) in [5.41, 5.74) is 0.729. The molecule has 1 unspecified atom stereocenters. The van der Waals surface area contributed by atoms with E-state index >= 15 is 0 Å². The highest BCUT2D eigenvalue weighted by Crippen LogP contribution is 2.32. The van der Waals surface area contributed by atoms with Crippen LogP contribution in [0.15, 0.2) is 11.5 Å². The maximum Gasteiger partial charge on any atom is 0.329 e. The van der Waals surface area contributed by atoms with E-state index in [1.165, 1.54) is 46.3 Å². The fraction of sp³-hybridized carbons (Fsp3) is 0.800. The molecule has 0 spiro atoms. The summed E-state index contributed by atoms with van der Waals surface area (Å²) < 4.78 is 9.55. The molecule has 0 bridgehead atoms. The van der Waals surface area contributed by atoms with Crippen LogP contribution in [0.4, 0.5) is 0 Å². The van der Waals surface area contributed by atoms with Crippen molar-refractivity contribution in [3.8, 4) is 0 Å². The van der Waals surface area contributed by atoms with Crippen LogP contribution in [0.2, 0.25) is 0 Å². The lowest BCUT2D eigenvalue weighted by molar-refractivity contribution is -0.144. The number of carbonyl (C=O) groups excluding carboxylic acids is 1. The van der Waals surface area contributed by atoms with Crippen molar-refractivity contribution in [2.24, 2.45) is 11.8 Å². The number of methoxy groups -OCH3 is 2. The fourth-order valence-corrected chi connectivity index (χ4v) is 2.79. The minimum Gasteiger partial charge on any atom is -0.469 e. The van der Waals surface area contributed by atoms with Gasteiger partial charge in [-0.15, -0.1) is 0 Å². The summed E-state index contributed by atoms with van der Waals surface area (Å²) >= 11 is 0. The Bertz CT molecular complexity index is 316. The van der Waals surface area contributed by atoms with Gasteiger partial charge < -0.3 is 9.47 Å². The van der Waals surface area contributed by atoms with Crippen molar-refractivity contribution in [1.29, 1.82) is 0 Å². The van der Waals surface area contributed by atoms with E-state index in [0.717, 1.165) is 12.0 Å². The molecule has 0 saturated heterocycles. The number of esters is 1. The van der Waals surface area contributed by atoms with E-state index in [4.69, 9.17) is 9.47 Å². The molecule has 0 aromatic rings. The predicted molar refractivity (Wildman–Crippen MR) is 71.7 cm³/mol. The molecule has 0 aromatic heterocycles. The summed E-state index contributed by atoms with van der Waals surface area (Å²) in [5.74, 6) is -0.276. The van der Waals surface area contributed by atoms with Gasteiger partial charge >= 0.3 is 11.9 Å². The lowest BCUT2D eigenvalue weighted by Crippen LogP contribution is -2.16. The Morgan fingerprint density at radius 1 is 1.16 bits per heavy atom. The van der Waals surface area contributed by atoms with Gasteiger partial charge in [-0.1, -0.05) is 39.0 Å². The molecule has 0 aromatic carbocycles. The van der Waals surface area contributed by atoms with Gasteiger partial charge in [-0.05, 0) is 18.8 Å². The molecule has 1 fully saturated rings. The maximum atomic E-state index is 11.8. The molecule has 1 atom stereocenters. The Morgan fingerprint density at radius 3 is 2.32 bits per heavy atom. The van der Waals surface area contributed by atoms with Gasteiger partial charge in [0.2, 0.25) is 0 Å². The standard InChI is InChI=1S/C15H25O4/c1-11(14(16)18-2)9-13(15(17)19-3)10-12-7-5-4-6-8-12/h11-12H,4-10H2,1-3H3. The van der Waals surface area contributed by atoms with Gasteiger partial charge in [0.15, 0.2) is 0 Å². The van der Waals surface area contributed by atoms with Gasteiger partial charge in [0.25, 0.3) is 0 Å². The third-order valence-corrected chi connectivity index (χ3v) is 3.89. The van der Waals surface area contributed by atoms with E-state index in [2.05, 4.69) is 0 Å². The van der Waals surface area contributed by atoms with Gasteiger partial charge in [-0.25, -0.2) is 5.11 Å². The minimum atomic E-state index is -0.289. The molecule has 0 aliphatic heterocycles. The molecule has 0 heterocycles. The number of hydrogen-bond donors (Lipinski definition) is 0. The topological polar surface area (TPSA) is 55.4 Å². The summed E-state index contributed by atoms with van der Waals surface area (Å²) in [6, 6.07) is 0. The maximum absolute atomic E-state index is 11.8. The third kappa shape index (κ3) is 5.13. The van der Waals surface area contributed by atoms with E-state index in [1.54, 1.807) is 6.92 Å². The van der Waals surface area contributed by atoms with Crippen LogP contribution in [0.5, 0.6) is 0 Å². The second-order valence-electron chi connectivity index (χ2n) is 5.43. The van der Waals surface area contributed by atoms with Crippen LogP contribution in [-0.4, -0.2) is 20.2 Å². The van der Waals surface area contributed by atoms with Crippen molar-refractivity contribution >= 4 is 5.97 Å². The molecule has 0 amide bonds. The van der Waals surface area contributed by atoms with Gasteiger partial charge in [0, 0.05) is 5.57 Å². The lowest BCUT2D eigenvalue weighted by Gasteiger charge is -2.23. The SMILES string of the molecule is COC(=O)C(C)CC(CC1CCCCC1)=C([O])OC. The summed E-state index contributed by atoms with van der Waals surface area (Å²) in [4.78, 5) is 11.5. The normalized spacial score (nSPS) is 19.5. The Balaban J connectivity index is 2.64. The van der Waals surface area contributed by atoms with Crippen molar-refractivity contribution in [1.82, 2.24) is 0 Å². The van der Waals surface area contributed by atoms with Gasteiger partial charge in [0.05, 0.1) is 20.1 Å². The number of ether oxygens (including phenoxy) is 2. The highest BCUT2D eigenvalue weighted by Gasteiger charge is 2.23. The van der Waals surface area contributed by atoms with Crippen molar-refractivity contribution in [2.45, 2.75) is 51.9 Å². The Labute approximate surface area is 115 Å². The lowest BCUT2D eigenvalue weighted by atomic mass is 9.83. The second-order valence-corrected chi connectivity index (χ2v) is 5.43. The van der Waals surface area contributed by atoms with E-state index in [0.29, 0.717) is 12.3 Å². The molecule has 1 radical (unpaired) electrons. The number of allylic oxidation sites excluding steroid dienone is 1. The number of hydrogen-bond acceptors (Lipinski definition) is 3. The highest BCUT2D eigenvalue weighted by molar-refractivity contribution is 5.72. The van der Waals surface area contributed by atoms with E-state index in [1.807, 2.05) is 0 Å². The number of rotatable bonds is 6. The van der Waals surface area contributed by atoms with Gasteiger partial charge in [-0.2, -0.15) is 0 Å². The number of carbonyl (C=O) groups is 1. The Hall–Kier alpha value is -1.19. The van der Waals surface area contributed by atoms with Crippen molar-refractivity contribution in [3.63, 3.8) is 0 Å². The van der Waals surface area contributed by atoms with Crippen molar-refractivity contribution in [3.05, 3.63) is 11.5 Å². The molecule has 1 aliphatic rings. The van der Waals surface area contributed by atoms with E-state index in [9.17, 15) is 9.90 Å². The van der Waals surface area contributed by atoms with Crippen LogP contribution in [0, 0.1) is 11.8 Å². The Kier molecular flexibility index (Phi) is 6.74. The van der Waals surface area contributed by atoms with Gasteiger partial charge in [0.1, 0.15) is 0 Å². The summed E-state index contributed by atoms with van der Waals surface area (Å²) in [6.07, 6.45) is 7.32. The van der Waals surface area contributed by atoms with E-state index < -0.39 is 0 Å². The monoisotopic (exact) mass is 269 g/mol. The minimum absolute atomic E-state index is 0.273. The Morgan fingerprint density at radius 2 is 1.79 bits per heavy atom. The third-order valence-electron chi connectivity index (χ3n) is 3.89.